The minimum Gasteiger partial charge on any atom is -0.785 e. The summed E-state index contributed by atoms with van der Waals surface area (Å²) >= 11 is 3.24. The van der Waals surface area contributed by atoms with Crippen molar-refractivity contribution >= 4 is 21.7 Å². The number of piperidine rings is 1. The van der Waals surface area contributed by atoms with Gasteiger partial charge in [-0.1, -0.05) is 6.07 Å². The second-order valence-electron chi connectivity index (χ2n) is 3.91. The largest absolute Gasteiger partial charge is 0.785 e. The van der Waals surface area contributed by atoms with Crippen LogP contribution in [0.3, 0.4) is 0 Å². The quantitative estimate of drug-likeness (QED) is 0.617. The molecule has 1 saturated heterocycles. The Balaban J connectivity index is 2.08. The van der Waals surface area contributed by atoms with Crippen molar-refractivity contribution in [3.63, 3.8) is 0 Å². The first kappa shape index (κ1) is 11.7. The summed E-state index contributed by atoms with van der Waals surface area (Å²) in [6.07, 6.45) is 1.27. The number of Topliss-reactive ketones (excluding diaryl/α,β-unsaturated/α-hetero) is 1. The molecule has 0 aromatic carbocycles. The summed E-state index contributed by atoms with van der Waals surface area (Å²) < 4.78 is 0.666. The van der Waals surface area contributed by atoms with E-state index in [2.05, 4.69) is 20.9 Å². The first-order valence-corrected chi connectivity index (χ1v) is 6.05. The zero-order chi connectivity index (χ0) is 11.5. The highest BCUT2D eigenvalue weighted by molar-refractivity contribution is 9.10. The summed E-state index contributed by atoms with van der Waals surface area (Å²) in [7, 11) is 0. The summed E-state index contributed by atoms with van der Waals surface area (Å²) in [5, 5.41) is 12.0. The van der Waals surface area contributed by atoms with Gasteiger partial charge >= 0.3 is 0 Å². The number of carbonyl (C=O) groups excluding carboxylic acids is 1. The van der Waals surface area contributed by atoms with E-state index in [1.54, 1.807) is 18.2 Å². The fourth-order valence-corrected chi connectivity index (χ4v) is 2.22. The number of pyridine rings is 1. The summed E-state index contributed by atoms with van der Waals surface area (Å²) in [4.78, 5) is 16.2. The fraction of sp³-hybridized carbons (Fsp3) is 0.455. The van der Waals surface area contributed by atoms with Crippen LogP contribution >= 0.6 is 15.9 Å². The van der Waals surface area contributed by atoms with Crippen LogP contribution in [0.4, 0.5) is 0 Å². The van der Waals surface area contributed by atoms with Gasteiger partial charge in [0, 0.05) is 5.92 Å². The van der Waals surface area contributed by atoms with Crippen molar-refractivity contribution in [1.82, 2.24) is 10.0 Å². The zero-order valence-electron chi connectivity index (χ0n) is 8.73. The van der Waals surface area contributed by atoms with Gasteiger partial charge in [-0.05, 0) is 54.0 Å². The fourth-order valence-electron chi connectivity index (χ4n) is 1.87. The van der Waals surface area contributed by atoms with Crippen molar-refractivity contribution < 1.29 is 4.79 Å². The van der Waals surface area contributed by atoms with Gasteiger partial charge in [0.25, 0.3) is 0 Å². The number of carbonyl (C=O) groups is 1. The van der Waals surface area contributed by atoms with Gasteiger partial charge in [-0.3, -0.25) is 4.79 Å². The molecule has 1 aromatic rings. The average Bonchev–Trinajstić information content (AvgIpc) is 2.29. The SMILES string of the molecule is O=C(c1cccc(Br)n1)C1CCN([O-])CC1. The lowest BCUT2D eigenvalue weighted by atomic mass is 9.91. The van der Waals surface area contributed by atoms with Crippen LogP contribution in [0.1, 0.15) is 23.3 Å². The third kappa shape index (κ3) is 2.66. The average molecular weight is 284 g/mol. The lowest BCUT2D eigenvalue weighted by Crippen LogP contribution is -2.32. The van der Waals surface area contributed by atoms with Crippen molar-refractivity contribution in [3.8, 4) is 0 Å². The highest BCUT2D eigenvalue weighted by Crippen LogP contribution is 2.21. The number of halogens is 1. The summed E-state index contributed by atoms with van der Waals surface area (Å²) in [5.41, 5.74) is 0.485. The molecule has 0 aliphatic carbocycles. The minimum absolute atomic E-state index is 0.0491. The van der Waals surface area contributed by atoms with Gasteiger partial charge in [-0.2, -0.15) is 0 Å². The number of hydrogen-bond acceptors (Lipinski definition) is 4. The van der Waals surface area contributed by atoms with Crippen LogP contribution in [-0.2, 0) is 0 Å². The normalized spacial score (nSPS) is 18.6. The van der Waals surface area contributed by atoms with Crippen LogP contribution in [-0.4, -0.2) is 28.9 Å². The van der Waals surface area contributed by atoms with Gasteiger partial charge in [-0.25, -0.2) is 4.98 Å². The molecule has 5 heteroatoms. The zero-order valence-corrected chi connectivity index (χ0v) is 10.3. The Kier molecular flexibility index (Phi) is 3.68. The summed E-state index contributed by atoms with van der Waals surface area (Å²) in [6.45, 7) is 0.898. The molecule has 1 aliphatic heterocycles. The van der Waals surface area contributed by atoms with Gasteiger partial charge in [0.15, 0.2) is 5.78 Å². The number of rotatable bonds is 2. The van der Waals surface area contributed by atoms with Gasteiger partial charge in [-0.15, -0.1) is 0 Å². The second kappa shape index (κ2) is 5.03. The van der Waals surface area contributed by atoms with Crippen LogP contribution in [0.2, 0.25) is 0 Å². The highest BCUT2D eigenvalue weighted by atomic mass is 79.9. The van der Waals surface area contributed by atoms with Gasteiger partial charge in [0.05, 0.1) is 0 Å². The molecule has 2 heterocycles. The Labute approximate surface area is 102 Å². The first-order chi connectivity index (χ1) is 7.66. The number of nitrogens with zero attached hydrogens (tertiary/aromatic N) is 2. The molecule has 0 saturated carbocycles. The molecule has 1 fully saturated rings. The maximum atomic E-state index is 12.1. The Morgan fingerprint density at radius 3 is 2.75 bits per heavy atom. The standard InChI is InChI=1S/C11H12BrN2O2/c12-10-3-1-2-9(13-10)11(15)8-4-6-14(16)7-5-8/h1-3,8H,4-7H2/q-1. The molecule has 0 unspecified atom stereocenters. The Bertz CT molecular complexity index is 389. The van der Waals surface area contributed by atoms with Crippen molar-refractivity contribution in [2.75, 3.05) is 13.1 Å². The van der Waals surface area contributed by atoms with E-state index in [9.17, 15) is 10.0 Å². The van der Waals surface area contributed by atoms with Crippen molar-refractivity contribution in [3.05, 3.63) is 33.7 Å². The first-order valence-electron chi connectivity index (χ1n) is 5.25. The topological polar surface area (TPSA) is 56.3 Å². The summed E-state index contributed by atoms with van der Waals surface area (Å²) in [6, 6.07) is 5.31. The number of ketones is 1. The molecule has 1 aliphatic rings. The Morgan fingerprint density at radius 2 is 2.12 bits per heavy atom. The predicted octanol–water partition coefficient (Wildman–Crippen LogP) is 2.24. The molecule has 0 radical (unpaired) electrons. The van der Waals surface area contributed by atoms with E-state index in [4.69, 9.17) is 0 Å². The molecule has 2 rings (SSSR count). The molecule has 86 valence electrons. The molecule has 4 nitrogen and oxygen atoms in total. The second-order valence-corrected chi connectivity index (χ2v) is 4.73. The van der Waals surface area contributed by atoms with E-state index >= 15 is 0 Å². The number of aromatic nitrogens is 1. The van der Waals surface area contributed by atoms with E-state index in [1.807, 2.05) is 0 Å². The predicted molar refractivity (Wildman–Crippen MR) is 63.9 cm³/mol. The van der Waals surface area contributed by atoms with Gasteiger partial charge < -0.3 is 10.3 Å². The molecular formula is C11H12BrN2O2-. The van der Waals surface area contributed by atoms with Crippen LogP contribution in [0.5, 0.6) is 0 Å². The van der Waals surface area contributed by atoms with Crippen LogP contribution in [0.25, 0.3) is 0 Å². The van der Waals surface area contributed by atoms with Gasteiger partial charge in [0.1, 0.15) is 10.3 Å². The Hall–Kier alpha value is -0.780. The third-order valence-corrected chi connectivity index (χ3v) is 3.23. The molecular weight excluding hydrogens is 272 g/mol. The maximum absolute atomic E-state index is 12.1. The van der Waals surface area contributed by atoms with E-state index in [1.165, 1.54) is 0 Å². The summed E-state index contributed by atoms with van der Waals surface area (Å²) in [5.74, 6) is 0.00130. The number of hydrogen-bond donors (Lipinski definition) is 0. The van der Waals surface area contributed by atoms with E-state index in [0.717, 1.165) is 5.06 Å². The molecule has 1 aromatic heterocycles. The van der Waals surface area contributed by atoms with Crippen LogP contribution in [0, 0.1) is 11.1 Å². The smallest absolute Gasteiger partial charge is 0.184 e. The molecule has 0 bridgehead atoms. The maximum Gasteiger partial charge on any atom is 0.184 e. The lowest BCUT2D eigenvalue weighted by Gasteiger charge is -2.35. The number of hydroxylamine groups is 2. The van der Waals surface area contributed by atoms with E-state index in [-0.39, 0.29) is 11.7 Å². The highest BCUT2D eigenvalue weighted by Gasteiger charge is 2.23. The van der Waals surface area contributed by atoms with Crippen molar-refractivity contribution in [2.24, 2.45) is 5.92 Å². The molecule has 0 atom stereocenters. The third-order valence-electron chi connectivity index (χ3n) is 2.79. The Morgan fingerprint density at radius 1 is 1.44 bits per heavy atom. The van der Waals surface area contributed by atoms with E-state index < -0.39 is 0 Å². The van der Waals surface area contributed by atoms with Gasteiger partial charge in [0.2, 0.25) is 0 Å². The van der Waals surface area contributed by atoms with Crippen molar-refractivity contribution in [1.29, 1.82) is 0 Å². The monoisotopic (exact) mass is 283 g/mol. The lowest BCUT2D eigenvalue weighted by molar-refractivity contribution is 0.0860. The van der Waals surface area contributed by atoms with Crippen molar-refractivity contribution in [2.45, 2.75) is 12.8 Å². The molecule has 0 amide bonds. The molecule has 0 spiro atoms. The molecule has 16 heavy (non-hydrogen) atoms. The van der Waals surface area contributed by atoms with Crippen LogP contribution in [0.15, 0.2) is 22.8 Å². The molecule has 0 N–H and O–H groups in total. The minimum atomic E-state index is -0.0491. The van der Waals surface area contributed by atoms with E-state index in [0.29, 0.717) is 36.2 Å². The van der Waals surface area contributed by atoms with Crippen LogP contribution < -0.4 is 0 Å².